The second kappa shape index (κ2) is 5.89. The van der Waals surface area contributed by atoms with Crippen LogP contribution in [0.5, 0.6) is 0 Å². The van der Waals surface area contributed by atoms with Gasteiger partial charge in [-0.3, -0.25) is 0 Å². The molecule has 0 saturated heterocycles. The highest BCUT2D eigenvalue weighted by molar-refractivity contribution is 5.64. The fourth-order valence-corrected chi connectivity index (χ4v) is 1.33. The molecule has 0 aliphatic heterocycles. The van der Waals surface area contributed by atoms with Crippen LogP contribution in [-0.2, 0) is 0 Å². The molecule has 82 valence electrons. The Labute approximate surface area is 96.7 Å². The van der Waals surface area contributed by atoms with Gasteiger partial charge in [-0.25, -0.2) is 0 Å². The fraction of sp³-hybridized carbons (Fsp3) is 0.214. The third-order valence-electron chi connectivity index (χ3n) is 2.47. The van der Waals surface area contributed by atoms with Gasteiger partial charge in [-0.2, -0.15) is 5.26 Å². The molecule has 0 aliphatic rings. The lowest BCUT2D eigenvalue weighted by Gasteiger charge is -2.04. The first kappa shape index (κ1) is 12.2. The summed E-state index contributed by atoms with van der Waals surface area (Å²) in [6, 6.07) is 9.64. The minimum atomic E-state index is 0.00771. The van der Waals surface area contributed by atoms with Gasteiger partial charge in [0.15, 0.2) is 0 Å². The van der Waals surface area contributed by atoms with Gasteiger partial charge in [0.2, 0.25) is 0 Å². The van der Waals surface area contributed by atoms with Gasteiger partial charge in [0.05, 0.1) is 11.6 Å². The van der Waals surface area contributed by atoms with E-state index in [9.17, 15) is 0 Å². The molecular formula is C14H16N2. The van der Waals surface area contributed by atoms with Crippen LogP contribution in [0.2, 0.25) is 0 Å². The number of allylic oxidation sites excluding steroid dienone is 1. The van der Waals surface area contributed by atoms with Crippen molar-refractivity contribution in [1.29, 1.82) is 5.26 Å². The molecule has 0 spiro atoms. The SMILES string of the molecule is C=CC(N)C/C=C(\C)c1ccc(C#N)cc1. The van der Waals surface area contributed by atoms with Gasteiger partial charge in [-0.1, -0.05) is 24.3 Å². The van der Waals surface area contributed by atoms with Gasteiger partial charge in [0.25, 0.3) is 0 Å². The number of hydrogen-bond acceptors (Lipinski definition) is 2. The molecule has 2 nitrogen and oxygen atoms in total. The number of benzene rings is 1. The molecule has 1 aromatic rings. The van der Waals surface area contributed by atoms with Gasteiger partial charge >= 0.3 is 0 Å². The zero-order valence-corrected chi connectivity index (χ0v) is 9.48. The van der Waals surface area contributed by atoms with Gasteiger partial charge in [-0.05, 0) is 36.6 Å². The van der Waals surface area contributed by atoms with Crippen LogP contribution in [0, 0.1) is 11.3 Å². The first-order chi connectivity index (χ1) is 7.67. The van der Waals surface area contributed by atoms with Crippen molar-refractivity contribution in [2.75, 3.05) is 0 Å². The fourth-order valence-electron chi connectivity index (χ4n) is 1.33. The van der Waals surface area contributed by atoms with Crippen molar-refractivity contribution in [2.24, 2.45) is 5.73 Å². The Kier molecular flexibility index (Phi) is 4.50. The molecule has 0 bridgehead atoms. The standard InChI is InChI=1S/C14H16N2/c1-3-14(16)9-4-11(2)13-7-5-12(10-15)6-8-13/h3-8,14H,1,9,16H2,2H3/b11-4+. The Morgan fingerprint density at radius 1 is 1.50 bits per heavy atom. The normalized spacial score (nSPS) is 12.9. The summed E-state index contributed by atoms with van der Waals surface area (Å²) in [6.07, 6.45) is 4.62. The van der Waals surface area contributed by atoms with Crippen molar-refractivity contribution in [3.63, 3.8) is 0 Å². The van der Waals surface area contributed by atoms with Crippen LogP contribution in [0.25, 0.3) is 5.57 Å². The van der Waals surface area contributed by atoms with Crippen molar-refractivity contribution in [3.05, 3.63) is 54.1 Å². The topological polar surface area (TPSA) is 49.8 Å². The summed E-state index contributed by atoms with van der Waals surface area (Å²) in [6.45, 7) is 5.68. The van der Waals surface area contributed by atoms with Gasteiger partial charge < -0.3 is 5.73 Å². The third kappa shape index (κ3) is 3.38. The van der Waals surface area contributed by atoms with E-state index in [1.165, 1.54) is 5.57 Å². The van der Waals surface area contributed by atoms with Crippen LogP contribution < -0.4 is 5.73 Å². The zero-order valence-electron chi connectivity index (χ0n) is 9.48. The van der Waals surface area contributed by atoms with E-state index in [0.717, 1.165) is 12.0 Å². The molecule has 1 unspecified atom stereocenters. The lowest BCUT2D eigenvalue weighted by atomic mass is 10.0. The molecule has 16 heavy (non-hydrogen) atoms. The van der Waals surface area contributed by atoms with Gasteiger partial charge in [0, 0.05) is 6.04 Å². The van der Waals surface area contributed by atoms with Crippen LogP contribution in [-0.4, -0.2) is 6.04 Å². The Bertz CT molecular complexity index is 421. The maximum Gasteiger partial charge on any atom is 0.0991 e. The average molecular weight is 212 g/mol. The summed E-state index contributed by atoms with van der Waals surface area (Å²) in [5.74, 6) is 0. The maximum absolute atomic E-state index is 8.68. The molecule has 1 atom stereocenters. The molecule has 2 N–H and O–H groups in total. The highest BCUT2D eigenvalue weighted by Gasteiger charge is 1.98. The van der Waals surface area contributed by atoms with Gasteiger partial charge in [-0.15, -0.1) is 6.58 Å². The van der Waals surface area contributed by atoms with Gasteiger partial charge in [0.1, 0.15) is 0 Å². The minimum Gasteiger partial charge on any atom is -0.324 e. The summed E-state index contributed by atoms with van der Waals surface area (Å²) < 4.78 is 0. The van der Waals surface area contributed by atoms with E-state index in [-0.39, 0.29) is 6.04 Å². The summed E-state index contributed by atoms with van der Waals surface area (Å²) in [4.78, 5) is 0. The molecule has 2 heteroatoms. The summed E-state index contributed by atoms with van der Waals surface area (Å²) in [5.41, 5.74) is 8.71. The zero-order chi connectivity index (χ0) is 12.0. The van der Waals surface area contributed by atoms with E-state index in [1.807, 2.05) is 31.2 Å². The quantitative estimate of drug-likeness (QED) is 0.780. The Morgan fingerprint density at radius 2 is 2.12 bits per heavy atom. The molecular weight excluding hydrogens is 196 g/mol. The van der Waals surface area contributed by atoms with Crippen molar-refractivity contribution in [1.82, 2.24) is 0 Å². The van der Waals surface area contributed by atoms with E-state index >= 15 is 0 Å². The number of nitrogens with zero attached hydrogens (tertiary/aromatic N) is 1. The second-order valence-corrected chi connectivity index (χ2v) is 3.71. The van der Waals surface area contributed by atoms with E-state index in [4.69, 9.17) is 11.0 Å². The highest BCUT2D eigenvalue weighted by Crippen LogP contribution is 2.15. The molecule has 0 aliphatic carbocycles. The predicted molar refractivity (Wildman–Crippen MR) is 67.6 cm³/mol. The summed E-state index contributed by atoms with van der Waals surface area (Å²) >= 11 is 0. The second-order valence-electron chi connectivity index (χ2n) is 3.71. The Balaban J connectivity index is 2.76. The minimum absolute atomic E-state index is 0.00771. The molecule has 1 rings (SSSR count). The third-order valence-corrected chi connectivity index (χ3v) is 2.47. The first-order valence-corrected chi connectivity index (χ1v) is 5.23. The maximum atomic E-state index is 8.68. The Morgan fingerprint density at radius 3 is 2.62 bits per heavy atom. The van der Waals surface area contributed by atoms with Crippen molar-refractivity contribution in [2.45, 2.75) is 19.4 Å². The predicted octanol–water partition coefficient (Wildman–Crippen LogP) is 2.86. The van der Waals surface area contributed by atoms with E-state index in [2.05, 4.69) is 18.7 Å². The van der Waals surface area contributed by atoms with Crippen LogP contribution >= 0.6 is 0 Å². The van der Waals surface area contributed by atoms with E-state index < -0.39 is 0 Å². The number of nitriles is 1. The van der Waals surface area contributed by atoms with Crippen LogP contribution in [0.3, 0.4) is 0 Å². The van der Waals surface area contributed by atoms with E-state index in [0.29, 0.717) is 5.56 Å². The number of nitrogens with two attached hydrogens (primary N) is 1. The lowest BCUT2D eigenvalue weighted by Crippen LogP contribution is -2.14. The monoisotopic (exact) mass is 212 g/mol. The van der Waals surface area contributed by atoms with E-state index in [1.54, 1.807) is 6.08 Å². The molecule has 0 saturated carbocycles. The summed E-state index contributed by atoms with van der Waals surface area (Å²) in [5, 5.41) is 8.68. The molecule has 0 amide bonds. The first-order valence-electron chi connectivity index (χ1n) is 5.23. The molecule has 0 radical (unpaired) electrons. The smallest absolute Gasteiger partial charge is 0.0991 e. The molecule has 0 heterocycles. The largest absolute Gasteiger partial charge is 0.324 e. The van der Waals surface area contributed by atoms with Crippen molar-refractivity contribution >= 4 is 5.57 Å². The van der Waals surface area contributed by atoms with Crippen LogP contribution in [0.4, 0.5) is 0 Å². The molecule has 0 aromatic heterocycles. The van der Waals surface area contributed by atoms with Crippen molar-refractivity contribution in [3.8, 4) is 6.07 Å². The Hall–Kier alpha value is -1.85. The molecule has 1 aromatic carbocycles. The number of rotatable bonds is 4. The number of hydrogen-bond donors (Lipinski definition) is 1. The van der Waals surface area contributed by atoms with Crippen LogP contribution in [0.15, 0.2) is 43.0 Å². The molecule has 0 fully saturated rings. The van der Waals surface area contributed by atoms with Crippen molar-refractivity contribution < 1.29 is 0 Å². The highest BCUT2D eigenvalue weighted by atomic mass is 14.6. The lowest BCUT2D eigenvalue weighted by molar-refractivity contribution is 0.837. The average Bonchev–Trinajstić information content (AvgIpc) is 2.35. The van der Waals surface area contributed by atoms with Crippen LogP contribution in [0.1, 0.15) is 24.5 Å². The summed E-state index contributed by atoms with van der Waals surface area (Å²) in [7, 11) is 0.